The number of aryl methyl sites for hydroxylation is 1. The number of aromatic nitrogens is 3. The maximum atomic E-state index is 13.1. The van der Waals surface area contributed by atoms with E-state index in [1.54, 1.807) is 25.5 Å². The Balaban J connectivity index is 1.83. The smallest absolute Gasteiger partial charge is 0.213 e. The molecule has 4 heterocycles. The molecule has 2 atom stereocenters. The Kier molecular flexibility index (Phi) is 5.90. The van der Waals surface area contributed by atoms with Crippen LogP contribution in [0.4, 0.5) is 11.6 Å². The number of morpholine rings is 1. The molecule has 2 aromatic heterocycles. The van der Waals surface area contributed by atoms with E-state index in [9.17, 15) is 4.21 Å². The van der Waals surface area contributed by atoms with E-state index < -0.39 is 9.73 Å². The summed E-state index contributed by atoms with van der Waals surface area (Å²) in [5, 5.41) is -0.0788. The molecule has 2 saturated heterocycles. The van der Waals surface area contributed by atoms with Gasteiger partial charge in [0.1, 0.15) is 5.82 Å². The van der Waals surface area contributed by atoms with E-state index >= 15 is 0 Å². The van der Waals surface area contributed by atoms with Gasteiger partial charge >= 0.3 is 0 Å². The van der Waals surface area contributed by atoms with Crippen LogP contribution in [0.5, 0.6) is 5.88 Å². The van der Waals surface area contributed by atoms with Crippen molar-refractivity contribution < 1.29 is 18.4 Å². The number of hydrogen-bond donors (Lipinski definition) is 0. The summed E-state index contributed by atoms with van der Waals surface area (Å²) in [6.07, 6.45) is 1.67. The molecule has 0 bridgehead atoms. The Morgan fingerprint density at radius 3 is 2.63 bits per heavy atom. The molecular formula is C20H27N5O4S. The largest absolute Gasteiger partial charge is 0.481 e. The standard InChI is InChI=1S/C20H27N5O4S/c1-13-7-15(8-19(21-13)27-3)20-22-17(24-30(4,26)16-11-29-12-16)9-18(23-20)25-5-6-28-10-14(25)2/h7-9,14,16H,5-6,10-12H2,1-4H3/t14-,30-/m1/s1. The second-order valence-electron chi connectivity index (χ2n) is 7.68. The summed E-state index contributed by atoms with van der Waals surface area (Å²) < 4.78 is 33.7. The van der Waals surface area contributed by atoms with Crippen molar-refractivity contribution in [1.29, 1.82) is 0 Å². The van der Waals surface area contributed by atoms with E-state index in [0.717, 1.165) is 17.1 Å². The summed E-state index contributed by atoms with van der Waals surface area (Å²) in [7, 11) is -0.903. The molecule has 0 spiro atoms. The number of ether oxygens (including phenoxy) is 3. The number of nitrogens with zero attached hydrogens (tertiary/aromatic N) is 5. The highest BCUT2D eigenvalue weighted by atomic mass is 32.2. The van der Waals surface area contributed by atoms with Gasteiger partial charge in [0.15, 0.2) is 11.6 Å². The van der Waals surface area contributed by atoms with Crippen LogP contribution in [0.2, 0.25) is 0 Å². The van der Waals surface area contributed by atoms with Crippen molar-refractivity contribution in [2.75, 3.05) is 51.2 Å². The van der Waals surface area contributed by atoms with Crippen molar-refractivity contribution in [3.05, 3.63) is 23.9 Å². The number of pyridine rings is 1. The van der Waals surface area contributed by atoms with E-state index in [2.05, 4.69) is 26.2 Å². The Hall–Kier alpha value is -2.30. The third kappa shape index (κ3) is 4.40. The summed E-state index contributed by atoms with van der Waals surface area (Å²) in [5.41, 5.74) is 1.57. The third-order valence-electron chi connectivity index (χ3n) is 5.26. The summed E-state index contributed by atoms with van der Waals surface area (Å²) >= 11 is 0. The molecule has 0 radical (unpaired) electrons. The molecule has 2 aromatic rings. The fourth-order valence-corrected chi connectivity index (χ4v) is 4.72. The van der Waals surface area contributed by atoms with Gasteiger partial charge in [-0.2, -0.15) is 4.36 Å². The van der Waals surface area contributed by atoms with Crippen LogP contribution < -0.4 is 9.64 Å². The molecule has 2 aliphatic rings. The van der Waals surface area contributed by atoms with Crippen LogP contribution in [-0.2, 0) is 19.2 Å². The predicted molar refractivity (Wildman–Crippen MR) is 115 cm³/mol. The highest BCUT2D eigenvalue weighted by Gasteiger charge is 2.28. The van der Waals surface area contributed by atoms with Gasteiger partial charge in [0.2, 0.25) is 5.88 Å². The second kappa shape index (κ2) is 8.44. The van der Waals surface area contributed by atoms with Gasteiger partial charge in [-0.3, -0.25) is 0 Å². The number of methoxy groups -OCH3 is 1. The lowest BCUT2D eigenvalue weighted by atomic mass is 10.2. The van der Waals surface area contributed by atoms with Gasteiger partial charge in [0.05, 0.1) is 54.6 Å². The number of rotatable bonds is 5. The van der Waals surface area contributed by atoms with E-state index in [-0.39, 0.29) is 11.3 Å². The highest BCUT2D eigenvalue weighted by molar-refractivity contribution is 7.93. The first-order valence-electron chi connectivity index (χ1n) is 9.91. The molecule has 0 amide bonds. The van der Waals surface area contributed by atoms with Crippen molar-refractivity contribution >= 4 is 21.4 Å². The highest BCUT2D eigenvalue weighted by Crippen LogP contribution is 2.29. The lowest BCUT2D eigenvalue weighted by Crippen LogP contribution is -2.44. The van der Waals surface area contributed by atoms with Crippen LogP contribution in [0, 0.1) is 6.92 Å². The minimum absolute atomic E-state index is 0.0788. The molecule has 2 fully saturated rings. The number of anilines is 1. The molecule has 0 aliphatic carbocycles. The summed E-state index contributed by atoms with van der Waals surface area (Å²) in [6, 6.07) is 5.66. The molecule has 4 rings (SSSR count). The lowest BCUT2D eigenvalue weighted by molar-refractivity contribution is 0.0431. The van der Waals surface area contributed by atoms with Gasteiger partial charge in [-0.15, -0.1) is 0 Å². The van der Waals surface area contributed by atoms with E-state index in [1.807, 2.05) is 13.0 Å². The Labute approximate surface area is 177 Å². The van der Waals surface area contributed by atoms with E-state index in [4.69, 9.17) is 19.2 Å². The quantitative estimate of drug-likeness (QED) is 0.708. The lowest BCUT2D eigenvalue weighted by Gasteiger charge is -2.34. The first-order valence-corrected chi connectivity index (χ1v) is 11.9. The van der Waals surface area contributed by atoms with Crippen LogP contribution in [0.3, 0.4) is 0 Å². The molecule has 0 N–H and O–H groups in total. The third-order valence-corrected chi connectivity index (χ3v) is 7.32. The molecule has 10 heteroatoms. The van der Waals surface area contributed by atoms with Gasteiger partial charge < -0.3 is 19.1 Å². The Bertz CT molecular complexity index is 1050. The molecule has 0 unspecified atom stereocenters. The molecule has 9 nitrogen and oxygen atoms in total. The number of hydrogen-bond acceptors (Lipinski definition) is 9. The zero-order valence-corrected chi connectivity index (χ0v) is 18.5. The van der Waals surface area contributed by atoms with Gasteiger partial charge in [-0.05, 0) is 19.9 Å². The molecule has 0 saturated carbocycles. The zero-order valence-electron chi connectivity index (χ0n) is 17.7. The van der Waals surface area contributed by atoms with Crippen molar-refractivity contribution in [3.63, 3.8) is 0 Å². The van der Waals surface area contributed by atoms with Crippen molar-refractivity contribution in [2.45, 2.75) is 25.1 Å². The average molecular weight is 434 g/mol. The molecule has 2 aliphatic heterocycles. The van der Waals surface area contributed by atoms with Crippen molar-refractivity contribution in [2.24, 2.45) is 4.36 Å². The first-order chi connectivity index (χ1) is 14.4. The molecule has 30 heavy (non-hydrogen) atoms. The minimum Gasteiger partial charge on any atom is -0.481 e. The first kappa shape index (κ1) is 21.0. The topological polar surface area (TPSA) is 99.0 Å². The SMILES string of the molecule is COc1cc(-c2nc(N=[S@](C)(=O)C3COC3)cc(N3CCOC[C@H]3C)n2)cc(C)n1. The van der Waals surface area contributed by atoms with Crippen LogP contribution in [0.15, 0.2) is 22.6 Å². The minimum atomic E-state index is -2.48. The fourth-order valence-electron chi connectivity index (χ4n) is 3.41. The van der Waals surface area contributed by atoms with Crippen LogP contribution in [0.25, 0.3) is 11.4 Å². The summed E-state index contributed by atoms with van der Waals surface area (Å²) in [4.78, 5) is 15.9. The summed E-state index contributed by atoms with van der Waals surface area (Å²) in [5.74, 6) is 2.13. The predicted octanol–water partition coefficient (Wildman–Crippen LogP) is 2.21. The van der Waals surface area contributed by atoms with Crippen LogP contribution in [0.1, 0.15) is 12.6 Å². The normalized spacial score (nSPS) is 21.6. The van der Waals surface area contributed by atoms with Gasteiger partial charge in [0, 0.05) is 36.2 Å². The maximum absolute atomic E-state index is 13.1. The van der Waals surface area contributed by atoms with Crippen LogP contribution in [-0.4, -0.2) is 76.8 Å². The van der Waals surface area contributed by atoms with Crippen molar-refractivity contribution in [3.8, 4) is 17.3 Å². The Morgan fingerprint density at radius 1 is 1.17 bits per heavy atom. The van der Waals surface area contributed by atoms with Gasteiger partial charge in [-0.25, -0.2) is 19.2 Å². The van der Waals surface area contributed by atoms with E-state index in [1.165, 1.54) is 0 Å². The van der Waals surface area contributed by atoms with Crippen molar-refractivity contribution in [1.82, 2.24) is 15.0 Å². The second-order valence-corrected chi connectivity index (χ2v) is 10.2. The monoisotopic (exact) mass is 433 g/mol. The zero-order chi connectivity index (χ0) is 21.3. The van der Waals surface area contributed by atoms with Gasteiger partial charge in [0.25, 0.3) is 0 Å². The van der Waals surface area contributed by atoms with E-state index in [0.29, 0.717) is 50.5 Å². The molecule has 0 aromatic carbocycles. The molecular weight excluding hydrogens is 406 g/mol. The average Bonchev–Trinajstić information content (AvgIpc) is 2.65. The molecule has 162 valence electrons. The fraction of sp³-hybridized carbons (Fsp3) is 0.550. The van der Waals surface area contributed by atoms with Gasteiger partial charge in [-0.1, -0.05) is 0 Å². The Morgan fingerprint density at radius 2 is 1.97 bits per heavy atom. The van der Waals surface area contributed by atoms with Crippen LogP contribution >= 0.6 is 0 Å². The maximum Gasteiger partial charge on any atom is 0.213 e. The summed E-state index contributed by atoms with van der Waals surface area (Å²) in [6.45, 7) is 6.87.